The molecule has 0 unspecified atom stereocenters. The Morgan fingerprint density at radius 3 is 2.31 bits per heavy atom. The van der Waals surface area contributed by atoms with E-state index in [-0.39, 0.29) is 18.2 Å². The van der Waals surface area contributed by atoms with Crippen molar-refractivity contribution < 1.29 is 19.4 Å². The second-order valence-electron chi connectivity index (χ2n) is 7.77. The molecule has 0 saturated carbocycles. The van der Waals surface area contributed by atoms with Gasteiger partial charge in [-0.2, -0.15) is 0 Å². The number of likely N-dealkylation sites (tertiary alicyclic amines) is 1. The van der Waals surface area contributed by atoms with Crippen molar-refractivity contribution in [2.45, 2.75) is 25.0 Å². The van der Waals surface area contributed by atoms with Gasteiger partial charge >= 0.3 is 0 Å². The minimum atomic E-state index is -0.633. The van der Waals surface area contributed by atoms with E-state index < -0.39 is 5.60 Å². The zero-order valence-electron chi connectivity index (χ0n) is 16.0. The number of para-hydroxylation sites is 1. The van der Waals surface area contributed by atoms with Gasteiger partial charge in [0.15, 0.2) is 0 Å². The van der Waals surface area contributed by atoms with Crippen LogP contribution in [0.4, 0.5) is 10.1 Å². The van der Waals surface area contributed by atoms with Gasteiger partial charge in [-0.1, -0.05) is 41.4 Å². The molecule has 0 bridgehead atoms. The first kappa shape index (κ1) is 21.8. The number of β-amino-alcohol motifs (C(OH)–C–C–N with tert-alkyl or cyclic N) is 1. The van der Waals surface area contributed by atoms with Crippen molar-refractivity contribution in [2.24, 2.45) is 0 Å². The summed E-state index contributed by atoms with van der Waals surface area (Å²) in [4.78, 5) is 12.5. The monoisotopic (exact) mass is 440 g/mol. The van der Waals surface area contributed by atoms with Crippen LogP contribution in [0.25, 0.3) is 0 Å². The molecule has 29 heavy (non-hydrogen) atoms. The fraction of sp³-hybridized carbons (Fsp3) is 0.381. The van der Waals surface area contributed by atoms with Crippen LogP contribution >= 0.6 is 23.2 Å². The zero-order valence-corrected chi connectivity index (χ0v) is 17.5. The normalized spacial score (nSPS) is 18.3. The van der Waals surface area contributed by atoms with Crippen LogP contribution in [-0.4, -0.2) is 53.4 Å². The molecule has 0 spiro atoms. The average molecular weight is 441 g/mol. The molecule has 2 N–H and O–H groups in total. The van der Waals surface area contributed by atoms with Gasteiger partial charge in [0, 0.05) is 44.2 Å². The van der Waals surface area contributed by atoms with Crippen molar-refractivity contribution in [1.82, 2.24) is 4.90 Å². The van der Waals surface area contributed by atoms with Crippen LogP contribution in [0.3, 0.4) is 0 Å². The van der Waals surface area contributed by atoms with Crippen LogP contribution in [0.1, 0.15) is 24.0 Å². The molecule has 2 fully saturated rings. The lowest BCUT2D eigenvalue weighted by Crippen LogP contribution is -2.59. The third-order valence-corrected chi connectivity index (χ3v) is 5.82. The Morgan fingerprint density at radius 2 is 1.79 bits per heavy atom. The molecule has 2 aliphatic rings. The fourth-order valence-electron chi connectivity index (χ4n) is 3.88. The summed E-state index contributed by atoms with van der Waals surface area (Å²) >= 11 is 12.5. The highest BCUT2D eigenvalue weighted by Gasteiger charge is 2.36. The predicted octanol–water partition coefficient (Wildman–Crippen LogP) is 4.00. The molecule has 2 aromatic carbocycles. The molecule has 2 heterocycles. The van der Waals surface area contributed by atoms with Crippen LogP contribution in [0, 0.1) is 5.82 Å². The van der Waals surface area contributed by atoms with Gasteiger partial charge in [-0.25, -0.2) is 4.39 Å². The lowest BCUT2D eigenvalue weighted by molar-refractivity contribution is -0.122. The summed E-state index contributed by atoms with van der Waals surface area (Å²) < 4.78 is 14.5. The molecule has 0 amide bonds. The van der Waals surface area contributed by atoms with E-state index in [1.54, 1.807) is 13.0 Å². The SMILES string of the molecule is CC1(O)CN(Cc2ccc(C3CN(c4c(Cl)cccc4Cl)C3)cc2F)C1.O=CO. The Balaban J connectivity index is 0.000000755. The highest BCUT2D eigenvalue weighted by atomic mass is 35.5. The lowest BCUT2D eigenvalue weighted by Gasteiger charge is -2.44. The van der Waals surface area contributed by atoms with E-state index in [0.29, 0.717) is 35.2 Å². The quantitative estimate of drug-likeness (QED) is 0.703. The van der Waals surface area contributed by atoms with Crippen LogP contribution in [0.5, 0.6) is 0 Å². The molecule has 0 aliphatic carbocycles. The van der Waals surface area contributed by atoms with Gasteiger partial charge in [0.25, 0.3) is 6.47 Å². The first-order chi connectivity index (χ1) is 13.7. The van der Waals surface area contributed by atoms with Gasteiger partial charge in [-0.15, -0.1) is 0 Å². The van der Waals surface area contributed by atoms with Crippen molar-refractivity contribution in [1.29, 1.82) is 0 Å². The van der Waals surface area contributed by atoms with Gasteiger partial charge in [0.05, 0.1) is 21.3 Å². The molecule has 4 rings (SSSR count). The highest BCUT2D eigenvalue weighted by Crippen LogP contribution is 2.40. The third-order valence-electron chi connectivity index (χ3n) is 5.21. The van der Waals surface area contributed by atoms with Crippen LogP contribution in [0.15, 0.2) is 36.4 Å². The first-order valence-corrected chi connectivity index (χ1v) is 9.99. The maximum Gasteiger partial charge on any atom is 0.290 e. The number of hydrogen-bond donors (Lipinski definition) is 2. The van der Waals surface area contributed by atoms with E-state index in [2.05, 4.69) is 4.90 Å². The molecule has 2 aliphatic heterocycles. The van der Waals surface area contributed by atoms with Crippen LogP contribution in [-0.2, 0) is 11.3 Å². The van der Waals surface area contributed by atoms with Gasteiger partial charge in [-0.05, 0) is 30.7 Å². The second-order valence-corrected chi connectivity index (χ2v) is 8.58. The first-order valence-electron chi connectivity index (χ1n) is 9.24. The maximum atomic E-state index is 14.5. The Labute approximate surface area is 179 Å². The second kappa shape index (κ2) is 8.88. The minimum Gasteiger partial charge on any atom is -0.483 e. The van der Waals surface area contributed by atoms with E-state index in [4.69, 9.17) is 33.1 Å². The number of hydrogen-bond acceptors (Lipinski definition) is 4. The number of halogens is 3. The van der Waals surface area contributed by atoms with E-state index in [1.165, 1.54) is 0 Å². The molecule has 8 heteroatoms. The molecule has 2 saturated heterocycles. The van der Waals surface area contributed by atoms with Crippen molar-refractivity contribution in [3.05, 3.63) is 63.4 Å². The molecule has 0 aromatic heterocycles. The maximum absolute atomic E-state index is 14.5. The van der Waals surface area contributed by atoms with Gasteiger partial charge in [-0.3, -0.25) is 9.69 Å². The van der Waals surface area contributed by atoms with Crippen molar-refractivity contribution in [3.8, 4) is 0 Å². The smallest absolute Gasteiger partial charge is 0.290 e. The summed E-state index contributed by atoms with van der Waals surface area (Å²) in [6, 6.07) is 11.0. The molecular formula is C21H23Cl2FN2O3. The van der Waals surface area contributed by atoms with Crippen LogP contribution in [0.2, 0.25) is 10.0 Å². The summed E-state index contributed by atoms with van der Waals surface area (Å²) in [5, 5.41) is 18.0. The number of carbonyl (C=O) groups is 1. The molecule has 5 nitrogen and oxygen atoms in total. The summed E-state index contributed by atoms with van der Waals surface area (Å²) in [6.07, 6.45) is 0. The van der Waals surface area contributed by atoms with Crippen molar-refractivity contribution in [3.63, 3.8) is 0 Å². The Bertz CT molecular complexity index is 860. The third kappa shape index (κ3) is 5.01. The van der Waals surface area contributed by atoms with Gasteiger partial charge in [0.2, 0.25) is 0 Å². The predicted molar refractivity (Wildman–Crippen MR) is 112 cm³/mol. The molecule has 2 aromatic rings. The van der Waals surface area contributed by atoms with E-state index >= 15 is 0 Å². The van der Waals surface area contributed by atoms with Crippen molar-refractivity contribution in [2.75, 3.05) is 31.1 Å². The van der Waals surface area contributed by atoms with Crippen molar-refractivity contribution >= 4 is 35.4 Å². The molecular weight excluding hydrogens is 418 g/mol. The van der Waals surface area contributed by atoms with E-state index in [9.17, 15) is 9.50 Å². The Hall–Kier alpha value is -1.86. The Morgan fingerprint density at radius 1 is 1.21 bits per heavy atom. The van der Waals surface area contributed by atoms with E-state index in [1.807, 2.05) is 35.2 Å². The van der Waals surface area contributed by atoms with Crippen LogP contribution < -0.4 is 4.90 Å². The number of benzene rings is 2. The summed E-state index contributed by atoms with van der Waals surface area (Å²) in [5.74, 6) is 0.0962. The van der Waals surface area contributed by atoms with E-state index in [0.717, 1.165) is 24.3 Å². The zero-order chi connectivity index (χ0) is 21.2. The molecule has 156 valence electrons. The number of aliphatic hydroxyl groups is 1. The highest BCUT2D eigenvalue weighted by molar-refractivity contribution is 6.39. The summed E-state index contributed by atoms with van der Waals surface area (Å²) in [6.45, 7) is 4.81. The number of carboxylic acid groups (broad SMARTS) is 1. The Kier molecular flexibility index (Phi) is 6.69. The number of nitrogens with zero attached hydrogens (tertiary/aromatic N) is 2. The summed E-state index contributed by atoms with van der Waals surface area (Å²) in [7, 11) is 0. The lowest BCUT2D eigenvalue weighted by atomic mass is 9.89. The molecule has 0 atom stereocenters. The number of anilines is 1. The van der Waals surface area contributed by atoms with Gasteiger partial charge < -0.3 is 15.1 Å². The largest absolute Gasteiger partial charge is 0.483 e. The number of rotatable bonds is 4. The standard InChI is InChI=1S/C20H21Cl2FN2O.CH2O2/c1-20(26)11-24(12-20)8-14-6-5-13(7-18(14)23)15-9-25(10-15)19-16(21)3-2-4-17(19)22;2-1-3/h2-7,15,26H,8-12H2,1H3;1H,(H,2,3). The molecule has 0 radical (unpaired) electrons. The average Bonchev–Trinajstić information content (AvgIpc) is 2.57. The minimum absolute atomic E-state index is 0.178. The van der Waals surface area contributed by atoms with Gasteiger partial charge in [0.1, 0.15) is 5.82 Å². The fourth-order valence-corrected chi connectivity index (χ4v) is 4.52. The summed E-state index contributed by atoms with van der Waals surface area (Å²) in [5.41, 5.74) is 1.90. The topological polar surface area (TPSA) is 64.0 Å².